The first kappa shape index (κ1) is 7.59. The Hall–Kier alpha value is -1.05. The summed E-state index contributed by atoms with van der Waals surface area (Å²) in [6.45, 7) is 2.74. The van der Waals surface area contributed by atoms with E-state index in [-0.39, 0.29) is 11.8 Å². The number of hydrogen-bond donors (Lipinski definition) is 0. The Labute approximate surface area is 72.6 Å². The lowest BCUT2D eigenvalue weighted by Gasteiger charge is -2.35. The third-order valence-electron chi connectivity index (χ3n) is 2.54. The van der Waals surface area contributed by atoms with Crippen molar-refractivity contribution in [2.75, 3.05) is 6.54 Å². The fourth-order valence-corrected chi connectivity index (χ4v) is 1.76. The molecule has 2 rings (SSSR count). The molecule has 0 unspecified atom stereocenters. The molecule has 0 spiro atoms. The van der Waals surface area contributed by atoms with Crippen LogP contribution >= 0.6 is 0 Å². The maximum absolute atomic E-state index is 11.6. The highest BCUT2D eigenvalue weighted by Crippen LogP contribution is 2.21. The van der Waals surface area contributed by atoms with Crippen molar-refractivity contribution in [2.24, 2.45) is 5.92 Å². The molecule has 12 heavy (non-hydrogen) atoms. The van der Waals surface area contributed by atoms with E-state index in [1.54, 1.807) is 0 Å². The summed E-state index contributed by atoms with van der Waals surface area (Å²) in [5, 5.41) is 0. The van der Waals surface area contributed by atoms with E-state index >= 15 is 0 Å². The second-order valence-electron chi connectivity index (χ2n) is 3.44. The summed E-state index contributed by atoms with van der Waals surface area (Å²) in [5.74, 6) is 0.347. The molecule has 0 radical (unpaired) electrons. The molecule has 0 saturated carbocycles. The second-order valence-corrected chi connectivity index (χ2v) is 3.44. The SMILES string of the molecule is C[C@H]1C=C[C@@H]2CC=CCN2C1=O. The number of amides is 1. The normalized spacial score (nSPS) is 33.8. The minimum Gasteiger partial charge on any atom is -0.332 e. The lowest BCUT2D eigenvalue weighted by Crippen LogP contribution is -2.45. The Kier molecular flexibility index (Phi) is 1.75. The number of rotatable bonds is 0. The molecule has 2 nitrogen and oxygen atoms in total. The van der Waals surface area contributed by atoms with Crippen molar-refractivity contribution in [3.63, 3.8) is 0 Å². The Balaban J connectivity index is 2.25. The lowest BCUT2D eigenvalue weighted by atomic mass is 9.97. The van der Waals surface area contributed by atoms with E-state index in [9.17, 15) is 4.79 Å². The van der Waals surface area contributed by atoms with Crippen molar-refractivity contribution in [1.82, 2.24) is 4.90 Å². The van der Waals surface area contributed by atoms with Gasteiger partial charge in [-0.25, -0.2) is 0 Å². The molecule has 0 N–H and O–H groups in total. The molecule has 64 valence electrons. The van der Waals surface area contributed by atoms with Crippen LogP contribution in [0.1, 0.15) is 13.3 Å². The molecule has 0 fully saturated rings. The summed E-state index contributed by atoms with van der Waals surface area (Å²) in [6.07, 6.45) is 9.36. The number of carbonyl (C=O) groups excluding carboxylic acids is 1. The second kappa shape index (κ2) is 2.77. The quantitative estimate of drug-likeness (QED) is 0.494. The first-order chi connectivity index (χ1) is 5.79. The molecule has 0 aromatic rings. The van der Waals surface area contributed by atoms with Gasteiger partial charge in [0.05, 0.1) is 12.0 Å². The van der Waals surface area contributed by atoms with Gasteiger partial charge in [-0.3, -0.25) is 4.79 Å². The molecule has 1 amide bonds. The minimum atomic E-state index is 0.0766. The summed E-state index contributed by atoms with van der Waals surface area (Å²) in [5.41, 5.74) is 0. The van der Waals surface area contributed by atoms with Crippen molar-refractivity contribution in [3.8, 4) is 0 Å². The number of nitrogens with zero attached hydrogens (tertiary/aromatic N) is 1. The van der Waals surface area contributed by atoms with E-state index in [0.717, 1.165) is 13.0 Å². The molecular formula is C10H13NO. The van der Waals surface area contributed by atoms with Gasteiger partial charge in [-0.05, 0) is 6.42 Å². The van der Waals surface area contributed by atoms with E-state index in [1.807, 2.05) is 17.9 Å². The Bertz CT molecular complexity index is 255. The smallest absolute Gasteiger partial charge is 0.229 e. The molecule has 2 heteroatoms. The van der Waals surface area contributed by atoms with E-state index in [1.165, 1.54) is 0 Å². The Morgan fingerprint density at radius 1 is 1.42 bits per heavy atom. The van der Waals surface area contributed by atoms with E-state index in [2.05, 4.69) is 18.2 Å². The van der Waals surface area contributed by atoms with E-state index < -0.39 is 0 Å². The van der Waals surface area contributed by atoms with Gasteiger partial charge in [-0.2, -0.15) is 0 Å². The van der Waals surface area contributed by atoms with Gasteiger partial charge in [0.15, 0.2) is 0 Å². The molecule has 2 heterocycles. The van der Waals surface area contributed by atoms with Crippen LogP contribution in [-0.2, 0) is 4.79 Å². The predicted molar refractivity (Wildman–Crippen MR) is 47.6 cm³/mol. The summed E-state index contributed by atoms with van der Waals surface area (Å²) < 4.78 is 0. The number of fused-ring (bicyclic) bond motifs is 1. The van der Waals surface area contributed by atoms with Crippen molar-refractivity contribution in [2.45, 2.75) is 19.4 Å². The predicted octanol–water partition coefficient (Wildman–Crippen LogP) is 1.35. The lowest BCUT2D eigenvalue weighted by molar-refractivity contribution is -0.135. The average Bonchev–Trinajstić information content (AvgIpc) is 2.12. The summed E-state index contributed by atoms with van der Waals surface area (Å²) in [4.78, 5) is 13.5. The van der Waals surface area contributed by atoms with Crippen LogP contribution in [0.3, 0.4) is 0 Å². The fourth-order valence-electron chi connectivity index (χ4n) is 1.76. The van der Waals surface area contributed by atoms with Crippen LogP contribution in [0, 0.1) is 5.92 Å². The van der Waals surface area contributed by atoms with E-state index in [0.29, 0.717) is 6.04 Å². The summed E-state index contributed by atoms with van der Waals surface area (Å²) in [7, 11) is 0. The van der Waals surface area contributed by atoms with Crippen LogP contribution in [0.25, 0.3) is 0 Å². The molecule has 0 aliphatic carbocycles. The van der Waals surface area contributed by atoms with Crippen molar-refractivity contribution >= 4 is 5.91 Å². The van der Waals surface area contributed by atoms with Gasteiger partial charge in [0.25, 0.3) is 0 Å². The van der Waals surface area contributed by atoms with Gasteiger partial charge in [0, 0.05) is 6.54 Å². The maximum Gasteiger partial charge on any atom is 0.229 e. The summed E-state index contributed by atoms with van der Waals surface area (Å²) in [6, 6.07) is 0.332. The van der Waals surface area contributed by atoms with Crippen LogP contribution in [0.4, 0.5) is 0 Å². The molecule has 0 aromatic carbocycles. The zero-order chi connectivity index (χ0) is 8.55. The highest BCUT2D eigenvalue weighted by molar-refractivity contribution is 5.82. The number of carbonyl (C=O) groups is 1. The van der Waals surface area contributed by atoms with Gasteiger partial charge >= 0.3 is 0 Å². The van der Waals surface area contributed by atoms with Crippen LogP contribution < -0.4 is 0 Å². The Morgan fingerprint density at radius 2 is 2.25 bits per heavy atom. The molecule has 0 aromatic heterocycles. The van der Waals surface area contributed by atoms with Crippen molar-refractivity contribution in [3.05, 3.63) is 24.3 Å². The largest absolute Gasteiger partial charge is 0.332 e. The third kappa shape index (κ3) is 1.07. The highest BCUT2D eigenvalue weighted by atomic mass is 16.2. The molecule has 2 atom stereocenters. The van der Waals surface area contributed by atoms with Gasteiger partial charge < -0.3 is 4.90 Å². The average molecular weight is 163 g/mol. The van der Waals surface area contributed by atoms with Crippen LogP contribution in [-0.4, -0.2) is 23.4 Å². The molecule has 0 bridgehead atoms. The van der Waals surface area contributed by atoms with Crippen LogP contribution in [0.2, 0.25) is 0 Å². The van der Waals surface area contributed by atoms with Gasteiger partial charge in [-0.1, -0.05) is 31.2 Å². The standard InChI is InChI=1S/C10H13NO/c1-8-5-6-9-4-2-3-7-11(9)10(8)12/h2-3,5-6,8-9H,4,7H2,1H3/t8-,9-/m0/s1. The fraction of sp³-hybridized carbons (Fsp3) is 0.500. The van der Waals surface area contributed by atoms with Crippen LogP contribution in [0.5, 0.6) is 0 Å². The summed E-state index contributed by atoms with van der Waals surface area (Å²) >= 11 is 0. The molecule has 0 saturated heterocycles. The zero-order valence-electron chi connectivity index (χ0n) is 7.23. The highest BCUT2D eigenvalue weighted by Gasteiger charge is 2.28. The topological polar surface area (TPSA) is 20.3 Å². The Morgan fingerprint density at radius 3 is 3.08 bits per heavy atom. The van der Waals surface area contributed by atoms with Gasteiger partial charge in [0.1, 0.15) is 0 Å². The first-order valence-electron chi connectivity index (χ1n) is 4.43. The first-order valence-corrected chi connectivity index (χ1v) is 4.43. The zero-order valence-corrected chi connectivity index (χ0v) is 7.23. The van der Waals surface area contributed by atoms with Crippen molar-refractivity contribution in [1.29, 1.82) is 0 Å². The number of hydrogen-bond acceptors (Lipinski definition) is 1. The maximum atomic E-state index is 11.6. The minimum absolute atomic E-state index is 0.0766. The molecule has 2 aliphatic heterocycles. The molecule has 2 aliphatic rings. The van der Waals surface area contributed by atoms with Gasteiger partial charge in [-0.15, -0.1) is 0 Å². The van der Waals surface area contributed by atoms with Gasteiger partial charge in [0.2, 0.25) is 5.91 Å². The third-order valence-corrected chi connectivity index (χ3v) is 2.54. The monoisotopic (exact) mass is 163 g/mol. The van der Waals surface area contributed by atoms with E-state index in [4.69, 9.17) is 0 Å². The molecular weight excluding hydrogens is 150 g/mol. The van der Waals surface area contributed by atoms with Crippen LogP contribution in [0.15, 0.2) is 24.3 Å². The van der Waals surface area contributed by atoms with Crippen molar-refractivity contribution < 1.29 is 4.79 Å².